The Balaban J connectivity index is 2.69. The fraction of sp³-hybridized carbons (Fsp3) is 0.571. The van der Waals surface area contributed by atoms with Crippen LogP contribution >= 0.6 is 0 Å². The molecule has 0 saturated heterocycles. The van der Waals surface area contributed by atoms with E-state index in [-0.39, 0.29) is 5.41 Å². The molecule has 1 aromatic carbocycles. The summed E-state index contributed by atoms with van der Waals surface area (Å²) in [5.74, 6) is 0. The summed E-state index contributed by atoms with van der Waals surface area (Å²) >= 11 is 0. The minimum atomic E-state index is -1.15. The Bertz CT molecular complexity index is 305. The lowest BCUT2D eigenvalue weighted by atomic mass is 9.87. The molecule has 1 aromatic rings. The third-order valence-electron chi connectivity index (χ3n) is 2.75. The van der Waals surface area contributed by atoms with Crippen LogP contribution in [0.2, 0.25) is 6.04 Å². The van der Waals surface area contributed by atoms with E-state index in [0.717, 1.165) is 19.3 Å². The fourth-order valence-corrected chi connectivity index (χ4v) is 3.68. The maximum absolute atomic E-state index is 5.72. The second-order valence-corrected chi connectivity index (χ2v) is 6.34. The smallest absolute Gasteiger partial charge is 0.385 e. The SMILES string of the molecule is CCO[Si](CC(C)(C)c1ccccc1)OCC. The van der Waals surface area contributed by atoms with Gasteiger partial charge in [0.25, 0.3) is 0 Å². The van der Waals surface area contributed by atoms with Crippen molar-refractivity contribution < 1.29 is 8.85 Å². The zero-order chi connectivity index (χ0) is 12.7. The molecule has 0 atom stereocenters. The summed E-state index contributed by atoms with van der Waals surface area (Å²) in [4.78, 5) is 0. The number of benzene rings is 1. The normalized spacial score (nSPS) is 12.1. The molecule has 95 valence electrons. The molecule has 0 amide bonds. The highest BCUT2D eigenvalue weighted by molar-refractivity contribution is 6.44. The molecule has 0 N–H and O–H groups in total. The molecule has 0 saturated carbocycles. The van der Waals surface area contributed by atoms with Gasteiger partial charge in [0.2, 0.25) is 0 Å². The Hall–Kier alpha value is -0.643. The molecular formula is C14H23O2Si. The molecule has 0 spiro atoms. The van der Waals surface area contributed by atoms with Gasteiger partial charge in [0.15, 0.2) is 0 Å². The van der Waals surface area contributed by atoms with Crippen LogP contribution < -0.4 is 0 Å². The molecule has 1 rings (SSSR count). The van der Waals surface area contributed by atoms with Crippen molar-refractivity contribution in [3.8, 4) is 0 Å². The lowest BCUT2D eigenvalue weighted by Crippen LogP contribution is -2.31. The maximum Gasteiger partial charge on any atom is 0.385 e. The van der Waals surface area contributed by atoms with Crippen molar-refractivity contribution in [1.82, 2.24) is 0 Å². The van der Waals surface area contributed by atoms with Crippen LogP contribution in [0.15, 0.2) is 30.3 Å². The first-order valence-electron chi connectivity index (χ1n) is 6.27. The van der Waals surface area contributed by atoms with E-state index >= 15 is 0 Å². The van der Waals surface area contributed by atoms with Gasteiger partial charge in [-0.1, -0.05) is 44.2 Å². The Morgan fingerprint density at radius 2 is 1.53 bits per heavy atom. The molecule has 0 aliphatic rings. The molecule has 3 heteroatoms. The Morgan fingerprint density at radius 3 is 2.00 bits per heavy atom. The fourth-order valence-electron chi connectivity index (χ4n) is 1.82. The standard InChI is InChI=1S/C14H23O2Si/c1-5-15-17(16-6-2)12-14(3,4)13-10-8-7-9-11-13/h7-11H,5-6,12H2,1-4H3. The van der Waals surface area contributed by atoms with E-state index in [9.17, 15) is 0 Å². The monoisotopic (exact) mass is 251 g/mol. The predicted molar refractivity (Wildman–Crippen MR) is 73.3 cm³/mol. The first-order valence-corrected chi connectivity index (χ1v) is 7.79. The van der Waals surface area contributed by atoms with Crippen LogP contribution in [0.25, 0.3) is 0 Å². The van der Waals surface area contributed by atoms with E-state index in [1.54, 1.807) is 0 Å². The van der Waals surface area contributed by atoms with Gasteiger partial charge in [0, 0.05) is 19.3 Å². The highest BCUT2D eigenvalue weighted by Crippen LogP contribution is 2.29. The second-order valence-electron chi connectivity index (χ2n) is 4.66. The Labute approximate surface area is 107 Å². The quantitative estimate of drug-likeness (QED) is 0.690. The molecule has 0 unspecified atom stereocenters. The van der Waals surface area contributed by atoms with E-state index < -0.39 is 9.28 Å². The largest absolute Gasteiger partial charge is 0.394 e. The van der Waals surface area contributed by atoms with Gasteiger partial charge in [-0.05, 0) is 24.8 Å². The summed E-state index contributed by atoms with van der Waals surface area (Å²) in [5.41, 5.74) is 1.46. The summed E-state index contributed by atoms with van der Waals surface area (Å²) in [5, 5.41) is 0. The van der Waals surface area contributed by atoms with Crippen LogP contribution in [0.3, 0.4) is 0 Å². The van der Waals surface area contributed by atoms with Crippen LogP contribution in [0.4, 0.5) is 0 Å². The van der Waals surface area contributed by atoms with Crippen LogP contribution in [-0.4, -0.2) is 22.5 Å². The summed E-state index contributed by atoms with van der Waals surface area (Å²) in [6, 6.07) is 11.6. The van der Waals surface area contributed by atoms with Crippen LogP contribution in [-0.2, 0) is 14.3 Å². The molecule has 0 aliphatic carbocycles. The van der Waals surface area contributed by atoms with Crippen LogP contribution in [0, 0.1) is 0 Å². The van der Waals surface area contributed by atoms with E-state index in [1.165, 1.54) is 5.56 Å². The van der Waals surface area contributed by atoms with Gasteiger partial charge in [0.1, 0.15) is 0 Å². The summed E-state index contributed by atoms with van der Waals surface area (Å²) < 4.78 is 11.4. The zero-order valence-electron chi connectivity index (χ0n) is 11.3. The van der Waals surface area contributed by atoms with Gasteiger partial charge in [-0.3, -0.25) is 0 Å². The molecule has 2 nitrogen and oxygen atoms in total. The van der Waals surface area contributed by atoms with E-state index in [0.29, 0.717) is 0 Å². The van der Waals surface area contributed by atoms with Gasteiger partial charge in [-0.2, -0.15) is 0 Å². The van der Waals surface area contributed by atoms with E-state index in [1.807, 2.05) is 13.8 Å². The minimum absolute atomic E-state index is 0.111. The van der Waals surface area contributed by atoms with Crippen molar-refractivity contribution in [2.75, 3.05) is 13.2 Å². The van der Waals surface area contributed by atoms with Gasteiger partial charge >= 0.3 is 9.28 Å². The van der Waals surface area contributed by atoms with E-state index in [2.05, 4.69) is 44.2 Å². The molecule has 0 bridgehead atoms. The highest BCUT2D eigenvalue weighted by atomic mass is 28.3. The van der Waals surface area contributed by atoms with Crippen molar-refractivity contribution in [1.29, 1.82) is 0 Å². The van der Waals surface area contributed by atoms with E-state index in [4.69, 9.17) is 8.85 Å². The summed E-state index contributed by atoms with van der Waals surface area (Å²) in [7, 11) is -1.15. The molecule has 0 aliphatic heterocycles. The van der Waals surface area contributed by atoms with Crippen molar-refractivity contribution in [2.45, 2.75) is 39.2 Å². The predicted octanol–water partition coefficient (Wildman–Crippen LogP) is 3.53. The third-order valence-corrected chi connectivity index (χ3v) is 5.15. The summed E-state index contributed by atoms with van der Waals surface area (Å²) in [6.07, 6.45) is 0. The first-order chi connectivity index (χ1) is 8.10. The third kappa shape index (κ3) is 4.62. The Morgan fingerprint density at radius 1 is 1.00 bits per heavy atom. The maximum atomic E-state index is 5.72. The van der Waals surface area contributed by atoms with Crippen LogP contribution in [0.5, 0.6) is 0 Å². The van der Waals surface area contributed by atoms with Gasteiger partial charge in [-0.25, -0.2) is 0 Å². The summed E-state index contributed by atoms with van der Waals surface area (Å²) in [6.45, 7) is 10.0. The molecule has 0 aromatic heterocycles. The molecular weight excluding hydrogens is 228 g/mol. The first kappa shape index (κ1) is 14.4. The van der Waals surface area contributed by atoms with Gasteiger partial charge in [-0.15, -0.1) is 0 Å². The van der Waals surface area contributed by atoms with Crippen LogP contribution in [0.1, 0.15) is 33.3 Å². The highest BCUT2D eigenvalue weighted by Gasteiger charge is 2.29. The number of hydrogen-bond donors (Lipinski definition) is 0. The van der Waals surface area contributed by atoms with Crippen molar-refractivity contribution >= 4 is 9.28 Å². The Kier molecular flexibility index (Phi) is 5.89. The van der Waals surface area contributed by atoms with Crippen molar-refractivity contribution in [3.05, 3.63) is 35.9 Å². The lowest BCUT2D eigenvalue weighted by molar-refractivity contribution is 0.207. The molecule has 0 heterocycles. The van der Waals surface area contributed by atoms with Gasteiger partial charge in [0.05, 0.1) is 0 Å². The topological polar surface area (TPSA) is 18.5 Å². The molecule has 17 heavy (non-hydrogen) atoms. The number of hydrogen-bond acceptors (Lipinski definition) is 2. The average Bonchev–Trinajstić information content (AvgIpc) is 2.30. The molecule has 0 fully saturated rings. The average molecular weight is 251 g/mol. The second kappa shape index (κ2) is 6.94. The minimum Gasteiger partial charge on any atom is -0.394 e. The van der Waals surface area contributed by atoms with Crippen molar-refractivity contribution in [2.24, 2.45) is 0 Å². The van der Waals surface area contributed by atoms with Crippen molar-refractivity contribution in [3.63, 3.8) is 0 Å². The zero-order valence-corrected chi connectivity index (χ0v) is 12.3. The van der Waals surface area contributed by atoms with Gasteiger partial charge < -0.3 is 8.85 Å². The molecule has 1 radical (unpaired) electrons. The number of rotatable bonds is 7. The lowest BCUT2D eigenvalue weighted by Gasteiger charge is -2.28.